The highest BCUT2D eigenvalue weighted by molar-refractivity contribution is 14.1. The summed E-state index contributed by atoms with van der Waals surface area (Å²) in [6, 6.07) is 9.42. The van der Waals surface area contributed by atoms with E-state index in [0.29, 0.717) is 17.2 Å². The number of hydrogen-bond acceptors (Lipinski definition) is 4. The highest BCUT2D eigenvalue weighted by atomic mass is 127. The van der Waals surface area contributed by atoms with Gasteiger partial charge in [0, 0.05) is 3.57 Å². The standard InChI is InChI=1S/C20H15ClI3NO3/c1-2-3-6-27-18-15(23)7-11(8-16(18)24)9-17-20(26)28-19(25-17)13-10-12(22)4-5-14(13)21/h4-5,7-10H,2-3,6H2,1H3/b17-9-. The number of cyclic esters (lactones) is 1. The Morgan fingerprint density at radius 3 is 2.57 bits per heavy atom. The van der Waals surface area contributed by atoms with Gasteiger partial charge in [0.25, 0.3) is 0 Å². The topological polar surface area (TPSA) is 47.9 Å². The smallest absolute Gasteiger partial charge is 0.363 e. The maximum atomic E-state index is 12.3. The van der Waals surface area contributed by atoms with E-state index >= 15 is 0 Å². The Kier molecular flexibility index (Phi) is 8.02. The maximum absolute atomic E-state index is 12.3. The van der Waals surface area contributed by atoms with Crippen LogP contribution in [0.15, 0.2) is 41.0 Å². The number of hydrogen-bond donors (Lipinski definition) is 0. The predicted octanol–water partition coefficient (Wildman–Crippen LogP) is 6.68. The lowest BCUT2D eigenvalue weighted by Gasteiger charge is -2.11. The van der Waals surface area contributed by atoms with Crippen molar-refractivity contribution in [3.63, 3.8) is 0 Å². The molecular weight excluding hydrogens is 718 g/mol. The number of rotatable bonds is 6. The third-order valence-corrected chi connectivity index (χ3v) is 6.45. The molecule has 0 radical (unpaired) electrons. The number of aliphatic imine (C=N–C) groups is 1. The minimum atomic E-state index is -0.488. The zero-order valence-corrected chi connectivity index (χ0v) is 22.0. The van der Waals surface area contributed by atoms with Gasteiger partial charge in [0.15, 0.2) is 5.70 Å². The van der Waals surface area contributed by atoms with Gasteiger partial charge in [0.05, 0.1) is 24.3 Å². The highest BCUT2D eigenvalue weighted by Crippen LogP contribution is 2.31. The molecule has 2 aromatic carbocycles. The van der Waals surface area contributed by atoms with Crippen molar-refractivity contribution in [3.8, 4) is 5.75 Å². The van der Waals surface area contributed by atoms with Gasteiger partial charge in [-0.25, -0.2) is 9.79 Å². The minimum absolute atomic E-state index is 0.226. The predicted molar refractivity (Wildman–Crippen MR) is 137 cm³/mol. The minimum Gasteiger partial charge on any atom is -0.491 e. The van der Waals surface area contributed by atoms with Crippen molar-refractivity contribution in [2.45, 2.75) is 19.8 Å². The third kappa shape index (κ3) is 5.39. The summed E-state index contributed by atoms with van der Waals surface area (Å²) >= 11 is 12.9. The molecule has 0 unspecified atom stereocenters. The van der Waals surface area contributed by atoms with Crippen molar-refractivity contribution >= 4 is 97.3 Å². The van der Waals surface area contributed by atoms with Crippen LogP contribution in [0.1, 0.15) is 30.9 Å². The van der Waals surface area contributed by atoms with E-state index in [2.05, 4.69) is 79.7 Å². The van der Waals surface area contributed by atoms with Gasteiger partial charge in [-0.05, 0) is 116 Å². The Labute approximate surface area is 209 Å². The molecule has 0 aliphatic carbocycles. The van der Waals surface area contributed by atoms with Gasteiger partial charge in [0.1, 0.15) is 5.75 Å². The van der Waals surface area contributed by atoms with Crippen LogP contribution in [-0.2, 0) is 9.53 Å². The maximum Gasteiger partial charge on any atom is 0.363 e. The van der Waals surface area contributed by atoms with E-state index in [1.165, 1.54) is 0 Å². The van der Waals surface area contributed by atoms with Crippen LogP contribution in [0.2, 0.25) is 5.02 Å². The second-order valence-corrected chi connectivity index (χ2v) is 9.95. The number of carbonyl (C=O) groups excluding carboxylic acids is 1. The van der Waals surface area contributed by atoms with Crippen LogP contribution in [-0.4, -0.2) is 18.5 Å². The molecule has 0 saturated carbocycles. The van der Waals surface area contributed by atoms with Crippen molar-refractivity contribution in [1.29, 1.82) is 0 Å². The first-order chi connectivity index (χ1) is 13.4. The largest absolute Gasteiger partial charge is 0.491 e. The molecule has 1 aliphatic rings. The van der Waals surface area contributed by atoms with Gasteiger partial charge in [-0.1, -0.05) is 24.9 Å². The van der Waals surface area contributed by atoms with Crippen LogP contribution in [0.3, 0.4) is 0 Å². The van der Waals surface area contributed by atoms with E-state index in [1.807, 2.05) is 24.3 Å². The summed E-state index contributed by atoms with van der Waals surface area (Å²) in [6.07, 6.45) is 3.82. The first-order valence-electron chi connectivity index (χ1n) is 8.49. The molecule has 0 atom stereocenters. The summed E-state index contributed by atoms with van der Waals surface area (Å²) in [5, 5.41) is 0.492. The molecule has 3 rings (SSSR count). The molecule has 1 aliphatic heterocycles. The molecule has 2 aromatic rings. The van der Waals surface area contributed by atoms with E-state index in [-0.39, 0.29) is 11.6 Å². The van der Waals surface area contributed by atoms with Crippen molar-refractivity contribution in [1.82, 2.24) is 0 Å². The molecular formula is C20H15ClI3NO3. The van der Waals surface area contributed by atoms with Crippen LogP contribution >= 0.6 is 79.4 Å². The number of nitrogens with zero attached hydrogens (tertiary/aromatic N) is 1. The van der Waals surface area contributed by atoms with Crippen LogP contribution < -0.4 is 4.74 Å². The molecule has 0 N–H and O–H groups in total. The Morgan fingerprint density at radius 1 is 1.18 bits per heavy atom. The van der Waals surface area contributed by atoms with Gasteiger partial charge in [-0.3, -0.25) is 0 Å². The molecule has 0 aromatic heterocycles. The summed E-state index contributed by atoms with van der Waals surface area (Å²) in [7, 11) is 0. The average Bonchev–Trinajstić information content (AvgIpc) is 3.00. The molecule has 8 heteroatoms. The fourth-order valence-electron chi connectivity index (χ4n) is 2.46. The van der Waals surface area contributed by atoms with Crippen LogP contribution in [0.25, 0.3) is 6.08 Å². The summed E-state index contributed by atoms with van der Waals surface area (Å²) < 4.78 is 14.2. The lowest BCUT2D eigenvalue weighted by atomic mass is 10.2. The zero-order valence-electron chi connectivity index (χ0n) is 14.8. The van der Waals surface area contributed by atoms with Gasteiger partial charge in [-0.15, -0.1) is 0 Å². The summed E-state index contributed by atoms with van der Waals surface area (Å²) in [5.41, 5.74) is 1.72. The van der Waals surface area contributed by atoms with Crippen molar-refractivity contribution in [2.75, 3.05) is 6.61 Å². The number of carbonyl (C=O) groups is 1. The van der Waals surface area contributed by atoms with Crippen molar-refractivity contribution < 1.29 is 14.3 Å². The van der Waals surface area contributed by atoms with Gasteiger partial charge < -0.3 is 9.47 Å². The first kappa shape index (κ1) is 22.3. The number of esters is 1. The SMILES string of the molecule is CCCCOc1c(I)cc(/C=C2\N=C(c3cc(I)ccc3Cl)OC2=O)cc1I. The molecule has 4 nitrogen and oxygen atoms in total. The normalized spacial score (nSPS) is 15.0. The monoisotopic (exact) mass is 733 g/mol. The lowest BCUT2D eigenvalue weighted by molar-refractivity contribution is -0.129. The molecule has 1 heterocycles. The Morgan fingerprint density at radius 2 is 1.89 bits per heavy atom. The van der Waals surface area contributed by atoms with Crippen LogP contribution in [0.4, 0.5) is 0 Å². The zero-order chi connectivity index (χ0) is 20.3. The van der Waals surface area contributed by atoms with Gasteiger partial charge in [-0.2, -0.15) is 0 Å². The first-order valence-corrected chi connectivity index (χ1v) is 12.1. The van der Waals surface area contributed by atoms with Crippen LogP contribution in [0, 0.1) is 10.7 Å². The average molecular weight is 734 g/mol. The fraction of sp³-hybridized carbons (Fsp3) is 0.200. The summed E-state index contributed by atoms with van der Waals surface area (Å²) in [5.74, 6) is 0.613. The number of benzene rings is 2. The van der Waals surface area contributed by atoms with Crippen LogP contribution in [0.5, 0.6) is 5.75 Å². The second kappa shape index (κ2) is 10.1. The van der Waals surface area contributed by atoms with Crippen molar-refractivity contribution in [2.24, 2.45) is 4.99 Å². The quantitative estimate of drug-likeness (QED) is 0.144. The number of ether oxygens (including phenoxy) is 2. The third-order valence-electron chi connectivity index (χ3n) is 3.85. The molecule has 0 spiro atoms. The van der Waals surface area contributed by atoms with E-state index in [4.69, 9.17) is 21.1 Å². The summed E-state index contributed by atoms with van der Waals surface area (Å²) in [6.45, 7) is 2.83. The molecule has 28 heavy (non-hydrogen) atoms. The highest BCUT2D eigenvalue weighted by Gasteiger charge is 2.26. The number of unbranched alkanes of at least 4 members (excludes halogenated alkanes) is 1. The second-order valence-electron chi connectivity index (χ2n) is 5.98. The molecule has 0 amide bonds. The molecule has 0 bridgehead atoms. The van der Waals surface area contributed by atoms with E-state index in [1.54, 1.807) is 12.1 Å². The van der Waals surface area contributed by atoms with E-state index < -0.39 is 5.97 Å². The Hall–Kier alpha value is -0.400. The van der Waals surface area contributed by atoms with E-state index in [9.17, 15) is 4.79 Å². The molecule has 0 fully saturated rings. The Balaban J connectivity index is 1.89. The number of halogens is 4. The van der Waals surface area contributed by atoms with E-state index in [0.717, 1.165) is 34.9 Å². The Bertz CT molecular complexity index is 966. The lowest BCUT2D eigenvalue weighted by Crippen LogP contribution is -2.06. The fourth-order valence-corrected chi connectivity index (χ4v) is 5.28. The van der Waals surface area contributed by atoms with Gasteiger partial charge in [0.2, 0.25) is 5.90 Å². The van der Waals surface area contributed by atoms with Crippen molar-refractivity contribution in [3.05, 3.63) is 62.9 Å². The van der Waals surface area contributed by atoms with Gasteiger partial charge >= 0.3 is 5.97 Å². The summed E-state index contributed by atoms with van der Waals surface area (Å²) in [4.78, 5) is 16.7. The molecule has 0 saturated heterocycles. The molecule has 146 valence electrons.